The van der Waals surface area contributed by atoms with Gasteiger partial charge in [-0.05, 0) is 110 Å². The number of ether oxygens (including phenoxy) is 1. The Bertz CT molecular complexity index is 919. The lowest BCUT2D eigenvalue weighted by molar-refractivity contribution is 0.114. The topological polar surface area (TPSA) is 9.23 Å². The molecule has 2 aromatic carbocycles. The van der Waals surface area contributed by atoms with Crippen LogP contribution in [0.2, 0.25) is 0 Å². The van der Waals surface area contributed by atoms with E-state index in [4.69, 9.17) is 4.74 Å². The van der Waals surface area contributed by atoms with E-state index in [9.17, 15) is 4.39 Å². The van der Waals surface area contributed by atoms with E-state index < -0.39 is 5.82 Å². The first-order valence-corrected chi connectivity index (χ1v) is 11.8. The van der Waals surface area contributed by atoms with Crippen LogP contribution in [0.4, 0.5) is 8.78 Å². The highest BCUT2D eigenvalue weighted by molar-refractivity contribution is 5.65. The van der Waals surface area contributed by atoms with Gasteiger partial charge in [-0.1, -0.05) is 36.8 Å². The molecule has 0 spiro atoms. The molecule has 0 amide bonds. The molecule has 4 rings (SSSR count). The number of hydrogen-bond acceptors (Lipinski definition) is 1. The Morgan fingerprint density at radius 3 is 2.32 bits per heavy atom. The van der Waals surface area contributed by atoms with Crippen LogP contribution in [0, 0.1) is 29.4 Å². The number of benzene rings is 2. The van der Waals surface area contributed by atoms with Gasteiger partial charge in [-0.25, -0.2) is 8.78 Å². The molecule has 0 radical (unpaired) electrons. The van der Waals surface area contributed by atoms with Crippen molar-refractivity contribution in [3.63, 3.8) is 0 Å². The third-order valence-corrected chi connectivity index (χ3v) is 7.62. The zero-order valence-corrected chi connectivity index (χ0v) is 18.7. The summed E-state index contributed by atoms with van der Waals surface area (Å²) in [6.45, 7) is 2.10. The van der Waals surface area contributed by atoms with Crippen molar-refractivity contribution in [2.24, 2.45) is 17.8 Å². The lowest BCUT2D eigenvalue weighted by Crippen LogP contribution is -2.30. The van der Waals surface area contributed by atoms with Crippen molar-refractivity contribution >= 4 is 0 Å². The van der Waals surface area contributed by atoms with Gasteiger partial charge in [-0.15, -0.1) is 0 Å². The third-order valence-electron chi connectivity index (χ3n) is 7.62. The predicted octanol–water partition coefficient (Wildman–Crippen LogP) is 8.30. The van der Waals surface area contributed by atoms with Crippen LogP contribution in [0.1, 0.15) is 69.8 Å². The molecule has 0 N–H and O–H groups in total. The molecule has 2 aliphatic carbocycles. The van der Waals surface area contributed by atoms with Crippen molar-refractivity contribution in [1.29, 1.82) is 0 Å². The highest BCUT2D eigenvalue weighted by Crippen LogP contribution is 2.48. The van der Waals surface area contributed by atoms with Crippen LogP contribution < -0.4 is 4.74 Å². The van der Waals surface area contributed by atoms with Crippen molar-refractivity contribution in [2.75, 3.05) is 7.11 Å². The predicted molar refractivity (Wildman–Crippen MR) is 123 cm³/mol. The average Bonchev–Trinajstić information content (AvgIpc) is 2.79. The lowest BCUT2D eigenvalue weighted by Gasteiger charge is -2.42. The van der Waals surface area contributed by atoms with E-state index in [0.717, 1.165) is 36.2 Å². The summed E-state index contributed by atoms with van der Waals surface area (Å²) < 4.78 is 34.1. The smallest absolute Gasteiger partial charge is 0.165 e. The van der Waals surface area contributed by atoms with Crippen molar-refractivity contribution < 1.29 is 13.5 Å². The van der Waals surface area contributed by atoms with Gasteiger partial charge < -0.3 is 4.74 Å². The van der Waals surface area contributed by atoms with E-state index in [0.29, 0.717) is 17.0 Å². The molecule has 3 heteroatoms. The minimum absolute atomic E-state index is 0.155. The summed E-state index contributed by atoms with van der Waals surface area (Å²) in [6, 6.07) is 10.2. The molecule has 166 valence electrons. The maximum atomic E-state index is 15.1. The Kier molecular flexibility index (Phi) is 7.09. The van der Waals surface area contributed by atoms with E-state index in [1.165, 1.54) is 51.7 Å². The molecule has 0 saturated heterocycles. The van der Waals surface area contributed by atoms with Crippen molar-refractivity contribution in [2.45, 2.75) is 64.2 Å². The molecule has 31 heavy (non-hydrogen) atoms. The molecule has 2 saturated carbocycles. The minimum atomic E-state index is -0.427. The Morgan fingerprint density at radius 2 is 1.61 bits per heavy atom. The Morgan fingerprint density at radius 1 is 0.903 bits per heavy atom. The molecule has 0 bridgehead atoms. The van der Waals surface area contributed by atoms with Gasteiger partial charge in [0.25, 0.3) is 0 Å². The molecule has 2 fully saturated rings. The van der Waals surface area contributed by atoms with Crippen LogP contribution in [0.3, 0.4) is 0 Å². The number of rotatable bonds is 6. The number of fused-ring (bicyclic) bond motifs is 1. The summed E-state index contributed by atoms with van der Waals surface area (Å²) in [5.74, 6) is 2.37. The first kappa shape index (κ1) is 22.0. The summed E-state index contributed by atoms with van der Waals surface area (Å²) in [5.41, 5.74) is 2.22. The quantitative estimate of drug-likeness (QED) is 0.424. The summed E-state index contributed by atoms with van der Waals surface area (Å²) in [5, 5.41) is 0. The van der Waals surface area contributed by atoms with E-state index >= 15 is 4.39 Å². The molecule has 2 aromatic rings. The Hall–Kier alpha value is -2.16. The first-order valence-electron chi connectivity index (χ1n) is 11.8. The molecule has 0 heterocycles. The average molecular weight is 425 g/mol. The molecule has 1 nitrogen and oxygen atoms in total. The van der Waals surface area contributed by atoms with Gasteiger partial charge in [-0.3, -0.25) is 0 Å². The fourth-order valence-electron chi connectivity index (χ4n) is 5.91. The zero-order valence-electron chi connectivity index (χ0n) is 18.7. The second-order valence-corrected chi connectivity index (χ2v) is 9.44. The monoisotopic (exact) mass is 424 g/mol. The molecule has 0 aliphatic heterocycles. The number of halogens is 2. The number of allylic oxidation sites excluding steroid dienone is 2. The van der Waals surface area contributed by atoms with Crippen LogP contribution in [0.15, 0.2) is 48.6 Å². The third kappa shape index (κ3) is 5.02. The van der Waals surface area contributed by atoms with Gasteiger partial charge in [0.15, 0.2) is 11.6 Å². The maximum Gasteiger partial charge on any atom is 0.165 e. The largest absolute Gasteiger partial charge is 0.494 e. The number of hydrogen-bond donors (Lipinski definition) is 0. The lowest BCUT2D eigenvalue weighted by atomic mass is 9.63. The minimum Gasteiger partial charge on any atom is -0.494 e. The second-order valence-electron chi connectivity index (χ2n) is 9.44. The van der Waals surface area contributed by atoms with Gasteiger partial charge in [0.2, 0.25) is 0 Å². The van der Waals surface area contributed by atoms with Crippen LogP contribution in [0.5, 0.6) is 5.75 Å². The van der Waals surface area contributed by atoms with Gasteiger partial charge in [0.05, 0.1) is 7.11 Å². The normalized spacial score (nSPS) is 26.1. The van der Waals surface area contributed by atoms with E-state index in [1.807, 2.05) is 12.1 Å². The molecule has 4 unspecified atom stereocenters. The highest BCUT2D eigenvalue weighted by atomic mass is 19.1. The van der Waals surface area contributed by atoms with Crippen LogP contribution in [0.25, 0.3) is 11.1 Å². The maximum absolute atomic E-state index is 15.1. The van der Waals surface area contributed by atoms with E-state index in [-0.39, 0.29) is 11.6 Å². The standard InChI is InChI=1S/C28H34F2O/c1-3-4-5-6-19-7-8-21-16-24(10-9-20(21)15-19)25-13-11-22(17-26(25)29)23-12-14-28(31-2)27(30)18-23/h3-4,11-14,17-21,24H,5-10,15-16H2,1-2H3/b4-3+. The van der Waals surface area contributed by atoms with Gasteiger partial charge in [0, 0.05) is 0 Å². The Balaban J connectivity index is 1.41. The van der Waals surface area contributed by atoms with Crippen molar-refractivity contribution in [3.8, 4) is 16.9 Å². The fourth-order valence-corrected chi connectivity index (χ4v) is 5.91. The highest BCUT2D eigenvalue weighted by Gasteiger charge is 2.36. The van der Waals surface area contributed by atoms with Gasteiger partial charge >= 0.3 is 0 Å². The molecular weight excluding hydrogens is 390 g/mol. The molecule has 0 aromatic heterocycles. The zero-order chi connectivity index (χ0) is 21.8. The first-order chi connectivity index (χ1) is 15.1. The Labute approximate surface area is 185 Å². The van der Waals surface area contributed by atoms with E-state index in [1.54, 1.807) is 18.2 Å². The van der Waals surface area contributed by atoms with E-state index in [2.05, 4.69) is 19.1 Å². The van der Waals surface area contributed by atoms with Crippen LogP contribution in [-0.4, -0.2) is 7.11 Å². The van der Waals surface area contributed by atoms with Gasteiger partial charge in [-0.2, -0.15) is 0 Å². The summed E-state index contributed by atoms with van der Waals surface area (Å²) in [7, 11) is 1.44. The fraction of sp³-hybridized carbons (Fsp3) is 0.500. The van der Waals surface area contributed by atoms with Crippen molar-refractivity contribution in [1.82, 2.24) is 0 Å². The molecule has 4 atom stereocenters. The second kappa shape index (κ2) is 9.97. The van der Waals surface area contributed by atoms with Crippen LogP contribution in [-0.2, 0) is 0 Å². The van der Waals surface area contributed by atoms with Gasteiger partial charge in [0.1, 0.15) is 5.82 Å². The molecule has 2 aliphatic rings. The number of methoxy groups -OCH3 is 1. The molecular formula is C28H34F2O. The van der Waals surface area contributed by atoms with Crippen molar-refractivity contribution in [3.05, 3.63) is 65.7 Å². The summed E-state index contributed by atoms with van der Waals surface area (Å²) in [6.07, 6.45) is 14.4. The summed E-state index contributed by atoms with van der Waals surface area (Å²) in [4.78, 5) is 0. The SMILES string of the molecule is C/C=C/CCC1CCC2CC(c3ccc(-c4ccc(OC)c(F)c4)cc3F)CCC2C1. The van der Waals surface area contributed by atoms with Crippen LogP contribution >= 0.6 is 0 Å². The summed E-state index contributed by atoms with van der Waals surface area (Å²) >= 11 is 0.